The average molecular weight is 382 g/mol. The fourth-order valence-electron chi connectivity index (χ4n) is 3.44. The Kier molecular flexibility index (Phi) is 5.99. The summed E-state index contributed by atoms with van der Waals surface area (Å²) < 4.78 is 10.8. The minimum atomic E-state index is -0.284. The maximum atomic E-state index is 12.7. The number of carbonyl (C=O) groups excluding carboxylic acids is 2. The first-order chi connectivity index (χ1) is 13.4. The number of methoxy groups -OCH3 is 2. The van der Waals surface area contributed by atoms with Crippen molar-refractivity contribution in [3.63, 3.8) is 0 Å². The molecule has 0 saturated heterocycles. The van der Waals surface area contributed by atoms with Gasteiger partial charge in [0.25, 0.3) is 0 Å². The molecule has 6 heteroatoms. The van der Waals surface area contributed by atoms with E-state index in [1.54, 1.807) is 38.5 Å². The molecule has 148 valence electrons. The number of benzene rings is 2. The fourth-order valence-corrected chi connectivity index (χ4v) is 3.44. The molecule has 1 amide bonds. The number of hydrogen-bond donors (Lipinski definition) is 1. The molecule has 0 unspecified atom stereocenters. The van der Waals surface area contributed by atoms with E-state index in [-0.39, 0.29) is 17.7 Å². The van der Waals surface area contributed by atoms with E-state index in [1.807, 2.05) is 19.1 Å². The Hall–Kier alpha value is -2.86. The van der Waals surface area contributed by atoms with Crippen LogP contribution in [0.3, 0.4) is 0 Å². The third kappa shape index (κ3) is 4.17. The van der Waals surface area contributed by atoms with Gasteiger partial charge in [0.2, 0.25) is 5.91 Å². The van der Waals surface area contributed by atoms with Crippen LogP contribution in [0.1, 0.15) is 35.3 Å². The van der Waals surface area contributed by atoms with Crippen molar-refractivity contribution in [2.45, 2.75) is 32.9 Å². The van der Waals surface area contributed by atoms with Crippen LogP contribution in [0.15, 0.2) is 36.4 Å². The van der Waals surface area contributed by atoms with Crippen LogP contribution in [0.5, 0.6) is 11.5 Å². The van der Waals surface area contributed by atoms with E-state index in [4.69, 9.17) is 9.47 Å². The molecule has 2 aromatic carbocycles. The van der Waals surface area contributed by atoms with Gasteiger partial charge in [-0.15, -0.1) is 0 Å². The molecule has 1 N–H and O–H groups in total. The molecule has 0 radical (unpaired) electrons. The number of carbonyl (C=O) groups is 2. The van der Waals surface area contributed by atoms with Crippen LogP contribution in [0.2, 0.25) is 0 Å². The first-order valence-electron chi connectivity index (χ1n) is 9.32. The van der Waals surface area contributed by atoms with Crippen LogP contribution in [-0.4, -0.2) is 43.4 Å². The van der Waals surface area contributed by atoms with Gasteiger partial charge in [0.1, 0.15) is 0 Å². The summed E-state index contributed by atoms with van der Waals surface area (Å²) in [6.45, 7) is 4.90. The maximum Gasteiger partial charge on any atom is 0.241 e. The van der Waals surface area contributed by atoms with Gasteiger partial charge in [0.05, 0.1) is 20.3 Å². The average Bonchev–Trinajstić information content (AvgIpc) is 2.71. The van der Waals surface area contributed by atoms with Crippen LogP contribution in [-0.2, 0) is 17.8 Å². The second kappa shape index (κ2) is 8.44. The van der Waals surface area contributed by atoms with Gasteiger partial charge in [-0.2, -0.15) is 0 Å². The zero-order valence-corrected chi connectivity index (χ0v) is 16.7. The van der Waals surface area contributed by atoms with Crippen LogP contribution < -0.4 is 14.8 Å². The highest BCUT2D eigenvalue weighted by atomic mass is 16.5. The molecular weight excluding hydrogens is 356 g/mol. The molecule has 0 aliphatic carbocycles. The molecule has 6 nitrogen and oxygen atoms in total. The summed E-state index contributed by atoms with van der Waals surface area (Å²) in [6.07, 6.45) is 0.848. The van der Waals surface area contributed by atoms with E-state index < -0.39 is 0 Å². The Morgan fingerprint density at radius 3 is 2.21 bits per heavy atom. The Morgan fingerprint density at radius 2 is 1.64 bits per heavy atom. The van der Waals surface area contributed by atoms with Crippen molar-refractivity contribution in [2.75, 3.05) is 26.1 Å². The molecule has 1 aliphatic heterocycles. The smallest absolute Gasteiger partial charge is 0.241 e. The first kappa shape index (κ1) is 19.9. The van der Waals surface area contributed by atoms with Crippen molar-refractivity contribution in [3.05, 3.63) is 53.1 Å². The van der Waals surface area contributed by atoms with Gasteiger partial charge in [-0.3, -0.25) is 14.5 Å². The lowest BCUT2D eigenvalue weighted by Crippen LogP contribution is -2.44. The van der Waals surface area contributed by atoms with Gasteiger partial charge in [0, 0.05) is 24.3 Å². The lowest BCUT2D eigenvalue weighted by Gasteiger charge is -2.33. The summed E-state index contributed by atoms with van der Waals surface area (Å²) in [4.78, 5) is 26.2. The highest BCUT2D eigenvalue weighted by molar-refractivity contribution is 5.97. The monoisotopic (exact) mass is 382 g/mol. The third-order valence-electron chi connectivity index (χ3n) is 5.23. The molecule has 0 aromatic heterocycles. The number of hydrogen-bond acceptors (Lipinski definition) is 5. The SMILES string of the molecule is COc1cc2c(cc1OC)CN([C@@H](C)C(=O)Nc1ccc(C(C)=O)cc1)CC2. The van der Waals surface area contributed by atoms with Gasteiger partial charge in [-0.25, -0.2) is 0 Å². The lowest BCUT2D eigenvalue weighted by molar-refractivity contribution is -0.121. The minimum absolute atomic E-state index is 0.00489. The number of rotatable bonds is 6. The normalized spacial score (nSPS) is 14.7. The number of nitrogens with one attached hydrogen (secondary N) is 1. The number of amides is 1. The number of anilines is 1. The number of Topliss-reactive ketones (excluding diaryl/α,β-unsaturated/α-hetero) is 1. The predicted octanol–water partition coefficient (Wildman–Crippen LogP) is 3.29. The summed E-state index contributed by atoms with van der Waals surface area (Å²) in [7, 11) is 3.26. The summed E-state index contributed by atoms with van der Waals surface area (Å²) in [5.74, 6) is 1.37. The van der Waals surface area contributed by atoms with Crippen molar-refractivity contribution < 1.29 is 19.1 Å². The topological polar surface area (TPSA) is 67.9 Å². The van der Waals surface area contributed by atoms with Crippen LogP contribution in [0.4, 0.5) is 5.69 Å². The molecule has 1 heterocycles. The van der Waals surface area contributed by atoms with Gasteiger partial charge in [0.15, 0.2) is 17.3 Å². The standard InChI is InChI=1S/C22H26N2O4/c1-14(22(26)23-19-7-5-16(6-8-19)15(2)25)24-10-9-17-11-20(27-3)21(28-4)12-18(17)13-24/h5-8,11-12,14H,9-10,13H2,1-4H3,(H,23,26)/t14-/m0/s1. The Labute approximate surface area is 165 Å². The van der Waals surface area contributed by atoms with Crippen molar-refractivity contribution in [2.24, 2.45) is 0 Å². The molecule has 0 fully saturated rings. The van der Waals surface area contributed by atoms with Crippen molar-refractivity contribution in [1.82, 2.24) is 4.90 Å². The molecule has 3 rings (SSSR count). The molecule has 0 spiro atoms. The van der Waals surface area contributed by atoms with Crippen molar-refractivity contribution >= 4 is 17.4 Å². The van der Waals surface area contributed by atoms with Gasteiger partial charge < -0.3 is 14.8 Å². The van der Waals surface area contributed by atoms with Gasteiger partial charge >= 0.3 is 0 Å². The van der Waals surface area contributed by atoms with Crippen molar-refractivity contribution in [3.8, 4) is 11.5 Å². The molecule has 1 atom stereocenters. The highest BCUT2D eigenvalue weighted by Crippen LogP contribution is 2.33. The van der Waals surface area contributed by atoms with E-state index >= 15 is 0 Å². The molecule has 0 saturated carbocycles. The summed E-state index contributed by atoms with van der Waals surface area (Å²) in [5, 5.41) is 2.93. The van der Waals surface area contributed by atoms with Crippen LogP contribution in [0, 0.1) is 0 Å². The number of ether oxygens (including phenoxy) is 2. The van der Waals surface area contributed by atoms with E-state index in [1.165, 1.54) is 12.5 Å². The first-order valence-corrected chi connectivity index (χ1v) is 9.32. The molecule has 28 heavy (non-hydrogen) atoms. The fraction of sp³-hybridized carbons (Fsp3) is 0.364. The highest BCUT2D eigenvalue weighted by Gasteiger charge is 2.26. The van der Waals surface area contributed by atoms with E-state index in [9.17, 15) is 9.59 Å². The number of fused-ring (bicyclic) bond motifs is 1. The van der Waals surface area contributed by atoms with E-state index in [2.05, 4.69) is 10.2 Å². The zero-order chi connectivity index (χ0) is 20.3. The summed E-state index contributed by atoms with van der Waals surface area (Å²) in [5.41, 5.74) is 3.68. The Balaban J connectivity index is 1.68. The summed E-state index contributed by atoms with van der Waals surface area (Å²) >= 11 is 0. The Bertz CT molecular complexity index is 877. The molecule has 2 aromatic rings. The molecule has 1 aliphatic rings. The van der Waals surface area contributed by atoms with Gasteiger partial charge in [-0.1, -0.05) is 0 Å². The second-order valence-electron chi connectivity index (χ2n) is 7.00. The van der Waals surface area contributed by atoms with Crippen LogP contribution in [0.25, 0.3) is 0 Å². The second-order valence-corrected chi connectivity index (χ2v) is 7.00. The van der Waals surface area contributed by atoms with Crippen molar-refractivity contribution in [1.29, 1.82) is 0 Å². The van der Waals surface area contributed by atoms with Gasteiger partial charge in [-0.05, 0) is 67.8 Å². The molecule has 0 bridgehead atoms. The third-order valence-corrected chi connectivity index (χ3v) is 5.23. The Morgan fingerprint density at radius 1 is 1.04 bits per heavy atom. The number of nitrogens with zero attached hydrogens (tertiary/aromatic N) is 1. The largest absolute Gasteiger partial charge is 0.493 e. The van der Waals surface area contributed by atoms with E-state index in [0.717, 1.165) is 24.3 Å². The number of ketones is 1. The lowest BCUT2D eigenvalue weighted by atomic mass is 9.97. The summed E-state index contributed by atoms with van der Waals surface area (Å²) in [6, 6.07) is 10.7. The van der Waals surface area contributed by atoms with Crippen LogP contribution >= 0.6 is 0 Å². The minimum Gasteiger partial charge on any atom is -0.493 e. The maximum absolute atomic E-state index is 12.7. The predicted molar refractivity (Wildman–Crippen MR) is 108 cm³/mol. The molecular formula is C22H26N2O4. The van der Waals surface area contributed by atoms with E-state index in [0.29, 0.717) is 23.5 Å². The quantitative estimate of drug-likeness (QED) is 0.777. The zero-order valence-electron chi connectivity index (χ0n) is 16.7.